The van der Waals surface area contributed by atoms with Crippen LogP contribution in [0.25, 0.3) is 0 Å². The van der Waals surface area contributed by atoms with Crippen LogP contribution < -0.4 is 16.0 Å². The third-order valence-electron chi connectivity index (χ3n) is 6.22. The highest BCUT2D eigenvalue weighted by Gasteiger charge is 2.39. The van der Waals surface area contributed by atoms with E-state index in [4.69, 9.17) is 0 Å². The quantitative estimate of drug-likeness (QED) is 0.675. The van der Waals surface area contributed by atoms with Crippen LogP contribution in [0.2, 0.25) is 0 Å². The molecule has 154 valence electrons. The van der Waals surface area contributed by atoms with E-state index in [2.05, 4.69) is 34.1 Å². The molecule has 3 N–H and O–H groups in total. The number of piperidine rings is 1. The number of nitrogens with one attached hydrogen (secondary N) is 3. The molecule has 0 spiro atoms. The molecule has 3 aliphatic heterocycles. The summed E-state index contributed by atoms with van der Waals surface area (Å²) in [5.41, 5.74) is 6.41. The molecule has 2 aromatic rings. The Balaban J connectivity index is 1.31. The van der Waals surface area contributed by atoms with Gasteiger partial charge in [0.05, 0.1) is 0 Å². The Kier molecular flexibility index (Phi) is 4.75. The first-order chi connectivity index (χ1) is 14.6. The number of carbonyl (C=O) groups excluding carboxylic acids is 3. The van der Waals surface area contributed by atoms with Crippen LogP contribution in [-0.2, 0) is 35.6 Å². The van der Waals surface area contributed by atoms with E-state index in [0.29, 0.717) is 25.1 Å². The van der Waals surface area contributed by atoms with E-state index < -0.39 is 6.04 Å². The maximum absolute atomic E-state index is 13.0. The van der Waals surface area contributed by atoms with E-state index >= 15 is 0 Å². The summed E-state index contributed by atoms with van der Waals surface area (Å²) in [6, 6.07) is 11.7. The van der Waals surface area contributed by atoms with Crippen LogP contribution in [-0.4, -0.2) is 35.2 Å². The summed E-state index contributed by atoms with van der Waals surface area (Å²) in [6.07, 6.45) is 1.68. The smallest absolute Gasteiger partial charge is 0.255 e. The van der Waals surface area contributed by atoms with Crippen LogP contribution in [0, 0.1) is 0 Å². The van der Waals surface area contributed by atoms with Crippen molar-refractivity contribution in [1.82, 2.24) is 15.5 Å². The molecule has 7 nitrogen and oxygen atoms in total. The highest BCUT2D eigenvalue weighted by molar-refractivity contribution is 6.05. The standard InChI is InChI=1S/C23H24N4O3/c28-21-7-6-20(22(29)26-21)27-13-16-5-4-14(10-17(16)23(27)30)11-25-19-3-1-2-15-8-9-24-12-18(15)19/h1-5,10,20,24-25H,6-9,11-13H2,(H,26,28,29). The second kappa shape index (κ2) is 7.57. The van der Waals surface area contributed by atoms with Gasteiger partial charge < -0.3 is 15.5 Å². The third kappa shape index (κ3) is 3.35. The van der Waals surface area contributed by atoms with Crippen molar-refractivity contribution in [3.05, 3.63) is 64.2 Å². The summed E-state index contributed by atoms with van der Waals surface area (Å²) in [5, 5.41) is 9.27. The number of amides is 3. The number of nitrogens with zero attached hydrogens (tertiary/aromatic N) is 1. The number of hydrogen-bond donors (Lipinski definition) is 3. The Morgan fingerprint density at radius 1 is 1.07 bits per heavy atom. The molecule has 2 aromatic carbocycles. The fourth-order valence-corrected chi connectivity index (χ4v) is 4.59. The largest absolute Gasteiger partial charge is 0.381 e. The number of carbonyl (C=O) groups is 3. The van der Waals surface area contributed by atoms with Crippen molar-refractivity contribution in [3.8, 4) is 0 Å². The van der Waals surface area contributed by atoms with Gasteiger partial charge in [-0.15, -0.1) is 0 Å². The molecule has 1 saturated heterocycles. The van der Waals surface area contributed by atoms with Crippen LogP contribution in [0.1, 0.15) is 45.5 Å². The third-order valence-corrected chi connectivity index (χ3v) is 6.22. The zero-order valence-corrected chi connectivity index (χ0v) is 16.7. The zero-order valence-electron chi connectivity index (χ0n) is 16.7. The monoisotopic (exact) mass is 404 g/mol. The summed E-state index contributed by atoms with van der Waals surface area (Å²) >= 11 is 0. The summed E-state index contributed by atoms with van der Waals surface area (Å²) in [7, 11) is 0. The van der Waals surface area contributed by atoms with Gasteiger partial charge in [-0.2, -0.15) is 0 Å². The highest BCUT2D eigenvalue weighted by Crippen LogP contribution is 2.29. The van der Waals surface area contributed by atoms with Crippen LogP contribution in [0.5, 0.6) is 0 Å². The van der Waals surface area contributed by atoms with Crippen LogP contribution in [0.3, 0.4) is 0 Å². The van der Waals surface area contributed by atoms with E-state index in [1.165, 1.54) is 11.1 Å². The van der Waals surface area contributed by atoms with Gasteiger partial charge in [0, 0.05) is 37.3 Å². The molecule has 0 saturated carbocycles. The fourth-order valence-electron chi connectivity index (χ4n) is 4.59. The van der Waals surface area contributed by atoms with Crippen LogP contribution >= 0.6 is 0 Å². The first-order valence-corrected chi connectivity index (χ1v) is 10.4. The molecule has 3 heterocycles. The molecule has 0 radical (unpaired) electrons. The average Bonchev–Trinajstić information content (AvgIpc) is 3.08. The molecule has 1 atom stereocenters. The minimum absolute atomic E-state index is 0.136. The van der Waals surface area contributed by atoms with Crippen molar-refractivity contribution in [3.63, 3.8) is 0 Å². The lowest BCUT2D eigenvalue weighted by atomic mass is 9.99. The SMILES string of the molecule is O=C1CCC(N2Cc3ccc(CNc4cccc5c4CNCC5)cc3C2=O)C(=O)N1. The van der Waals surface area contributed by atoms with Gasteiger partial charge in [-0.05, 0) is 53.8 Å². The summed E-state index contributed by atoms with van der Waals surface area (Å²) in [4.78, 5) is 38.2. The maximum Gasteiger partial charge on any atom is 0.255 e. The maximum atomic E-state index is 13.0. The van der Waals surface area contributed by atoms with Gasteiger partial charge in [-0.3, -0.25) is 19.7 Å². The van der Waals surface area contributed by atoms with E-state index in [-0.39, 0.29) is 24.1 Å². The molecule has 0 aliphatic carbocycles. The predicted octanol–water partition coefficient (Wildman–Crippen LogP) is 1.71. The second-order valence-corrected chi connectivity index (χ2v) is 8.12. The Morgan fingerprint density at radius 2 is 1.97 bits per heavy atom. The molecule has 1 fully saturated rings. The lowest BCUT2D eigenvalue weighted by Crippen LogP contribution is -2.52. The van der Waals surface area contributed by atoms with Gasteiger partial charge in [-0.1, -0.05) is 24.3 Å². The summed E-state index contributed by atoms with van der Waals surface area (Å²) < 4.78 is 0. The number of rotatable bonds is 4. The number of imide groups is 1. The molecule has 0 bridgehead atoms. The Morgan fingerprint density at radius 3 is 2.83 bits per heavy atom. The van der Waals surface area contributed by atoms with E-state index in [9.17, 15) is 14.4 Å². The van der Waals surface area contributed by atoms with Gasteiger partial charge >= 0.3 is 0 Å². The van der Waals surface area contributed by atoms with Gasteiger partial charge in [0.1, 0.15) is 6.04 Å². The predicted molar refractivity (Wildman–Crippen MR) is 112 cm³/mol. The summed E-state index contributed by atoms with van der Waals surface area (Å²) in [6.45, 7) is 2.90. The number of benzene rings is 2. The normalized spacial score (nSPS) is 20.6. The Bertz CT molecular complexity index is 1050. The molecular formula is C23H24N4O3. The minimum atomic E-state index is -0.576. The van der Waals surface area contributed by atoms with Gasteiger partial charge in [0.15, 0.2) is 0 Å². The van der Waals surface area contributed by atoms with E-state index in [1.807, 2.05) is 18.2 Å². The van der Waals surface area contributed by atoms with Gasteiger partial charge in [0.2, 0.25) is 11.8 Å². The van der Waals surface area contributed by atoms with Crippen molar-refractivity contribution in [2.45, 2.75) is 44.9 Å². The fraction of sp³-hybridized carbons (Fsp3) is 0.348. The number of anilines is 1. The minimum Gasteiger partial charge on any atom is -0.381 e. The Hall–Kier alpha value is -3.19. The molecule has 30 heavy (non-hydrogen) atoms. The molecule has 3 aliphatic rings. The highest BCUT2D eigenvalue weighted by atomic mass is 16.2. The van der Waals surface area contributed by atoms with E-state index in [0.717, 1.165) is 36.3 Å². The Labute approximate surface area is 174 Å². The summed E-state index contributed by atoms with van der Waals surface area (Å²) in [5.74, 6) is -0.786. The van der Waals surface area contributed by atoms with Crippen molar-refractivity contribution >= 4 is 23.4 Å². The molecule has 0 aromatic heterocycles. The molecule has 7 heteroatoms. The van der Waals surface area contributed by atoms with Crippen molar-refractivity contribution in [1.29, 1.82) is 0 Å². The van der Waals surface area contributed by atoms with Gasteiger partial charge in [0.25, 0.3) is 5.91 Å². The number of fused-ring (bicyclic) bond motifs is 2. The lowest BCUT2D eigenvalue weighted by molar-refractivity contribution is -0.136. The average molecular weight is 404 g/mol. The lowest BCUT2D eigenvalue weighted by Gasteiger charge is -2.29. The van der Waals surface area contributed by atoms with E-state index in [1.54, 1.807) is 4.90 Å². The van der Waals surface area contributed by atoms with Crippen LogP contribution in [0.4, 0.5) is 5.69 Å². The van der Waals surface area contributed by atoms with Crippen LogP contribution in [0.15, 0.2) is 36.4 Å². The molecular weight excluding hydrogens is 380 g/mol. The molecule has 3 amide bonds. The molecule has 5 rings (SSSR count). The number of hydrogen-bond acceptors (Lipinski definition) is 5. The van der Waals surface area contributed by atoms with Crippen molar-refractivity contribution < 1.29 is 14.4 Å². The van der Waals surface area contributed by atoms with Gasteiger partial charge in [-0.25, -0.2) is 0 Å². The molecule has 1 unspecified atom stereocenters. The topological polar surface area (TPSA) is 90.5 Å². The van der Waals surface area contributed by atoms with Crippen molar-refractivity contribution in [2.75, 3.05) is 11.9 Å². The second-order valence-electron chi connectivity index (χ2n) is 8.12. The zero-order chi connectivity index (χ0) is 20.7. The van der Waals surface area contributed by atoms with Crippen molar-refractivity contribution in [2.24, 2.45) is 0 Å². The first kappa shape index (κ1) is 18.8. The first-order valence-electron chi connectivity index (χ1n) is 10.4.